The molecule has 11 aromatic heterocycles. The average Bonchev–Trinajstić information content (AvgIpc) is 1.62. The fourth-order valence-electron chi connectivity index (χ4n) is 16.4. The van der Waals surface area contributed by atoms with Crippen LogP contribution in [0.4, 0.5) is 41.1 Å². The van der Waals surface area contributed by atoms with Crippen LogP contribution in [-0.4, -0.2) is 284 Å². The second-order valence-corrected chi connectivity index (χ2v) is 40.6. The molecule has 6 unspecified atom stereocenters. The standard InChI is InChI=1S/C66H84N30O39P6/c67-40-1-4-90(64(102)78-40)44-8-28(131-136(105,106)117-16-34-26(98)7-43(124-34)93-22-74-50-55(93)81-61(71)84-58(50)99)36(126-44)18-119-140(113,114)134-31-11-47(94-23-75-51-56(94)82-62(72)85-59(51)100)129-39(31)21-122-139(111,112)133-30-10-46(92-6-3-42(69)80-66(92)104)127-37(30)19-120-141(115,116)135-32-12-48(95-24-76-52-57(95)83-63(73)86-60(52)101)128-38(32)20-121-138(109,110)132-29-9-45(91-5-2-41(68)79-65(91)103)125-35(29)17-118-137(107,108)130-27-13-49(123-33(27)15-97)96-54-25(14-77-96)53(70)87-89-88-54/h1-6,14,22-24,26-39,43-49,97-98H,7-13,15-21H2,(H,105,106)(H,107,108)(H,109,110)(H,111,112)(H,113,114)(H,115,116)(H2,67,78,102)(H2,68,79,103)(H2,69,80,104)(H2,70,87,88)(H3,71,81,84,99)(H3,72,82,85,100)(H3,73,83,86,101)/t26-,27-,28-,29-,30-,31-,32-,33+,34+,35+,36+,37+,38+,39+,43+,44+,45+,46+,47+,48+,49+/m0/s1. The maximum absolute atomic E-state index is 14.6. The Bertz CT molecular complexity index is 7270. The van der Waals surface area contributed by atoms with Crippen molar-refractivity contribution in [1.82, 2.24) is 112 Å². The summed E-state index contributed by atoms with van der Waals surface area (Å²) < 4.78 is 202. The van der Waals surface area contributed by atoms with Gasteiger partial charge in [0.1, 0.15) is 134 Å². The van der Waals surface area contributed by atoms with Crippen LogP contribution in [0.3, 0.4) is 0 Å². The first kappa shape index (κ1) is 100. The zero-order valence-electron chi connectivity index (χ0n) is 71.7. The Hall–Kier alpha value is -10.9. The topological polar surface area (TPSA) is 974 Å². The van der Waals surface area contributed by atoms with Gasteiger partial charge in [0, 0.05) is 63.5 Å². The number of hydrogen-bond donors (Lipinski definition) is 18. The van der Waals surface area contributed by atoms with E-state index in [1.165, 1.54) is 33.9 Å². The minimum atomic E-state index is -5.73. The van der Waals surface area contributed by atoms with Crippen molar-refractivity contribution in [3.63, 3.8) is 0 Å². The van der Waals surface area contributed by atoms with Gasteiger partial charge in [-0.15, -0.1) is 10.2 Å². The Morgan fingerprint density at radius 2 is 0.638 bits per heavy atom. The summed E-state index contributed by atoms with van der Waals surface area (Å²) in [5.41, 5.74) is 34.2. The van der Waals surface area contributed by atoms with Crippen LogP contribution in [0.5, 0.6) is 0 Å². The van der Waals surface area contributed by atoms with Gasteiger partial charge >= 0.3 is 64.0 Å². The number of aromatic amines is 3. The van der Waals surface area contributed by atoms with Crippen LogP contribution in [0, 0.1) is 0 Å². The van der Waals surface area contributed by atoms with E-state index in [0.717, 1.165) is 60.1 Å². The van der Waals surface area contributed by atoms with Crippen molar-refractivity contribution in [3.05, 3.63) is 124 Å². The van der Waals surface area contributed by atoms with E-state index in [0.29, 0.717) is 0 Å². The number of phosphoric ester groups is 6. The van der Waals surface area contributed by atoms with Gasteiger partial charge in [-0.25, -0.2) is 61.4 Å². The molecule has 18 heterocycles. The molecular formula is C66H84N30O39P6. The third kappa shape index (κ3) is 22.2. The fourth-order valence-corrected chi connectivity index (χ4v) is 22.2. The lowest BCUT2D eigenvalue weighted by Gasteiger charge is -2.26. The van der Waals surface area contributed by atoms with Crippen molar-refractivity contribution in [2.75, 3.05) is 86.4 Å². The maximum Gasteiger partial charge on any atom is 0.472 e. The number of aromatic nitrogens is 23. The Morgan fingerprint density at radius 3 is 0.950 bits per heavy atom. The number of nitrogen functional groups attached to an aromatic ring is 7. The van der Waals surface area contributed by atoms with Gasteiger partial charge in [0.05, 0.1) is 82.9 Å². The smallest absolute Gasteiger partial charge is 0.394 e. The van der Waals surface area contributed by atoms with Crippen molar-refractivity contribution in [3.8, 4) is 0 Å². The van der Waals surface area contributed by atoms with Gasteiger partial charge < -0.3 is 113 Å². The monoisotopic (exact) mass is 2110 g/mol. The highest BCUT2D eigenvalue weighted by atomic mass is 31.2. The van der Waals surface area contributed by atoms with Gasteiger partial charge in [-0.3, -0.25) is 111 Å². The van der Waals surface area contributed by atoms with E-state index < -0.39 is 300 Å². The first-order chi connectivity index (χ1) is 66.8. The first-order valence-corrected chi connectivity index (χ1v) is 50.6. The van der Waals surface area contributed by atoms with Gasteiger partial charge in [-0.1, -0.05) is 0 Å². The summed E-state index contributed by atoms with van der Waals surface area (Å²) in [5, 5.41) is 37.0. The molecule has 0 aliphatic carbocycles. The van der Waals surface area contributed by atoms with E-state index >= 15 is 0 Å². The lowest BCUT2D eigenvalue weighted by atomic mass is 10.2. The van der Waals surface area contributed by atoms with Crippen molar-refractivity contribution in [2.24, 2.45) is 0 Å². The number of nitrogens with zero attached hydrogens (tertiary/aromatic N) is 20. The zero-order valence-corrected chi connectivity index (χ0v) is 77.1. The number of nitrogens with one attached hydrogen (secondary N) is 3. The summed E-state index contributed by atoms with van der Waals surface area (Å²) in [6.07, 6.45) is -28.2. The van der Waals surface area contributed by atoms with Gasteiger partial charge in [0.2, 0.25) is 17.8 Å². The van der Waals surface area contributed by atoms with Crippen LogP contribution >= 0.6 is 46.9 Å². The molecule has 7 fully saturated rings. The molecule has 7 saturated heterocycles. The van der Waals surface area contributed by atoms with Crippen molar-refractivity contribution in [1.29, 1.82) is 0 Å². The van der Waals surface area contributed by atoms with E-state index in [-0.39, 0.29) is 86.6 Å². The van der Waals surface area contributed by atoms with Crippen LogP contribution in [0.15, 0.2) is 90.7 Å². The van der Waals surface area contributed by atoms with Gasteiger partial charge in [-0.05, 0) is 23.4 Å². The van der Waals surface area contributed by atoms with Crippen LogP contribution in [0.2, 0.25) is 0 Å². The quantitative estimate of drug-likeness (QED) is 0.0163. The van der Waals surface area contributed by atoms with E-state index in [2.05, 4.69) is 80.3 Å². The van der Waals surface area contributed by atoms with Crippen molar-refractivity contribution in [2.45, 2.75) is 174 Å². The molecule has 0 spiro atoms. The SMILES string of the molecule is Nc1ccn([C@H]2C[C@H](OP(=O)(O)OC[C@H]3O[C@@H](n4cnc5c(=O)[nH]c(N)nc54)C[C@@H]3OP(=O)(O)OC[C@H]3O[C@@H](n4ccc(N)nc4=O)C[C@@H]3OP(=O)(O)OC[C@H]3O[C@@H](n4cnc5c(=O)[nH]c(N)nc54)C[C@@H]3O)[C@@H](COP(=O)(O)O[C@H]3C[C@H](n4cnc5c(=O)[nH]c(N)nc54)O[C@@H]3COP(=O)(O)O[C@H]3C[C@H](n4ccc(N)nc4=O)O[C@@H]3COP(=O)(O)O[C@H]3C[C@H](n4ncc5c(N)nnnc54)O[C@@H]3CO)O2)c(=O)n1. The van der Waals surface area contributed by atoms with Crippen LogP contribution < -0.4 is 73.9 Å². The lowest BCUT2D eigenvalue weighted by Crippen LogP contribution is -2.32. The van der Waals surface area contributed by atoms with Crippen LogP contribution in [0.1, 0.15) is 88.5 Å². The highest BCUT2D eigenvalue weighted by molar-refractivity contribution is 7.48. The highest BCUT2D eigenvalue weighted by Gasteiger charge is 2.53. The maximum atomic E-state index is 14.6. The summed E-state index contributed by atoms with van der Waals surface area (Å²) in [6.45, 7) is -7.26. The highest BCUT2D eigenvalue weighted by Crippen LogP contribution is 2.58. The Kier molecular flexibility index (Phi) is 28.2. The summed E-state index contributed by atoms with van der Waals surface area (Å²) in [4.78, 5) is 190. The Labute approximate surface area is 781 Å². The van der Waals surface area contributed by atoms with E-state index in [9.17, 15) is 95.7 Å². The summed E-state index contributed by atoms with van der Waals surface area (Å²) in [7, 11) is -33.4. The molecule has 0 radical (unpaired) electrons. The molecule has 7 aliphatic rings. The normalized spacial score (nSPS) is 29.7. The van der Waals surface area contributed by atoms with E-state index in [4.69, 9.17) is 128 Å². The molecular weight excluding hydrogens is 2020 g/mol. The van der Waals surface area contributed by atoms with Gasteiger partial charge in [0.15, 0.2) is 51.2 Å². The number of ether oxygens (including phenoxy) is 7. The number of rotatable bonds is 38. The Morgan fingerprint density at radius 1 is 0.362 bits per heavy atom. The number of nitrogens with two attached hydrogens (primary N) is 7. The van der Waals surface area contributed by atoms with E-state index in [1.54, 1.807) is 0 Å². The number of anilines is 7. The van der Waals surface area contributed by atoms with Crippen molar-refractivity contribution >= 4 is 133 Å². The molecule has 11 aromatic rings. The number of fused-ring (bicyclic) bond motifs is 4. The van der Waals surface area contributed by atoms with E-state index in [1.807, 2.05) is 0 Å². The molecule has 7 aliphatic heterocycles. The fraction of sp³-hybridized carbons (Fsp3) is 0.530. The third-order valence-corrected chi connectivity index (χ3v) is 28.9. The number of aliphatic hydroxyl groups excluding tert-OH is 2. The van der Waals surface area contributed by atoms with Gasteiger partial charge in [0.25, 0.3) is 16.7 Å². The summed E-state index contributed by atoms with van der Waals surface area (Å²) in [5.74, 6) is -1.86. The molecule has 75 heteroatoms. The zero-order chi connectivity index (χ0) is 100. The van der Waals surface area contributed by atoms with Crippen LogP contribution in [-0.2, 0) is 115 Å². The third-order valence-electron chi connectivity index (χ3n) is 22.9. The molecule has 0 amide bonds. The minimum absolute atomic E-state index is 0.0201. The molecule has 0 bridgehead atoms. The van der Waals surface area contributed by atoms with Crippen LogP contribution in [0.25, 0.3) is 44.5 Å². The molecule has 141 heavy (non-hydrogen) atoms. The lowest BCUT2D eigenvalue weighted by molar-refractivity contribution is -0.0653. The number of phosphoric acid groups is 6. The number of aliphatic hydroxyl groups is 2. The summed E-state index contributed by atoms with van der Waals surface area (Å²) in [6, 6.07) is 3.55. The number of imidazole rings is 3. The number of hydrogen-bond acceptors (Lipinski definition) is 53. The molecule has 27 atom stereocenters. The predicted octanol–water partition coefficient (Wildman–Crippen LogP) is -4.15. The second-order valence-electron chi connectivity index (χ2n) is 32.2. The molecule has 0 aromatic carbocycles. The molecule has 762 valence electrons. The molecule has 69 nitrogen and oxygen atoms in total. The molecule has 18 rings (SSSR count). The predicted molar refractivity (Wildman–Crippen MR) is 461 cm³/mol. The first-order valence-electron chi connectivity index (χ1n) is 41.7. The second kappa shape index (κ2) is 39.6. The number of H-pyrrole nitrogens is 3. The average molecular weight is 2110 g/mol. The Balaban J connectivity index is 0.552. The molecule has 0 saturated carbocycles. The minimum Gasteiger partial charge on any atom is -0.394 e. The largest absolute Gasteiger partial charge is 0.472 e. The summed E-state index contributed by atoms with van der Waals surface area (Å²) >= 11 is 0. The van der Waals surface area contributed by atoms with Gasteiger partial charge in [-0.2, -0.15) is 35.0 Å². The van der Waals surface area contributed by atoms with Crippen molar-refractivity contribution < 1.29 is 154 Å². The molecule has 25 N–H and O–H groups in total.